The smallest absolute Gasteiger partial charge is 0.496 e. The van der Waals surface area contributed by atoms with E-state index in [9.17, 15) is 4.39 Å². The van der Waals surface area contributed by atoms with Crippen molar-refractivity contribution >= 4 is 18.3 Å². The molecule has 4 rings (SSSR count). The third-order valence-electron chi connectivity index (χ3n) is 5.38. The van der Waals surface area contributed by atoms with Crippen molar-refractivity contribution in [1.29, 1.82) is 0 Å². The molecule has 0 saturated carbocycles. The Morgan fingerprint density at radius 3 is 2.48 bits per heavy atom. The zero-order chi connectivity index (χ0) is 19.7. The number of hydrogen-bond donors (Lipinski definition) is 0. The van der Waals surface area contributed by atoms with E-state index in [0.29, 0.717) is 45.3 Å². The molecule has 2 aliphatic rings. The summed E-state index contributed by atoms with van der Waals surface area (Å²) in [5, 5.41) is 0. The third kappa shape index (κ3) is 2.20. The Labute approximate surface area is 156 Å². The zero-order valence-corrected chi connectivity index (χ0v) is 15.9. The van der Waals surface area contributed by atoms with Gasteiger partial charge in [0.05, 0.1) is 18.2 Å². The standard InChI is InChI=1S/C20H20BF3N2O/c1-11-9-13(3)25-19(11)18(17-15(22)7-6-8-16(17)27-5)20-12(2)10-14(4)26(20)21(25,23)24/h6-10H,1-5H3. The van der Waals surface area contributed by atoms with E-state index < -0.39 is 12.8 Å². The molecule has 7 heteroatoms. The Balaban J connectivity index is 2.24. The fraction of sp³-hybridized carbons (Fsp3) is 0.250. The summed E-state index contributed by atoms with van der Waals surface area (Å²) >= 11 is 0. The lowest BCUT2D eigenvalue weighted by Crippen LogP contribution is -2.51. The normalized spacial score (nSPS) is 17.9. The van der Waals surface area contributed by atoms with Gasteiger partial charge in [-0.05, 0) is 50.2 Å². The number of nitrogens with zero attached hydrogens (tertiary/aromatic N) is 2. The Bertz CT molecular complexity index is 1090. The lowest BCUT2D eigenvalue weighted by Gasteiger charge is -2.34. The fourth-order valence-electron chi connectivity index (χ4n) is 4.45. The Morgan fingerprint density at radius 2 is 1.81 bits per heavy atom. The molecular weight excluding hydrogens is 352 g/mol. The van der Waals surface area contributed by atoms with Crippen LogP contribution in [0.3, 0.4) is 0 Å². The predicted molar refractivity (Wildman–Crippen MR) is 101 cm³/mol. The minimum absolute atomic E-state index is 0.205. The molecule has 2 aliphatic heterocycles. The molecule has 0 fully saturated rings. The second-order valence-corrected chi connectivity index (χ2v) is 7.16. The number of hydrogen-bond acceptors (Lipinski definition) is 1. The van der Waals surface area contributed by atoms with Crippen LogP contribution in [0.25, 0.3) is 5.57 Å². The molecule has 0 amide bonds. The van der Waals surface area contributed by atoms with Gasteiger partial charge in [-0.3, -0.25) is 0 Å². The number of ether oxygens (including phenoxy) is 1. The quantitative estimate of drug-likeness (QED) is 0.700. The summed E-state index contributed by atoms with van der Waals surface area (Å²) in [6.45, 7) is 2.78. The SMILES string of the molecule is COc1cccc(F)c1C1=C2C(C)=CC(C)=[N+]2[B-](F)(F)n2c(C)cc(C)c21. The van der Waals surface area contributed by atoms with Gasteiger partial charge < -0.3 is 22.3 Å². The molecule has 3 heterocycles. The first-order valence-electron chi connectivity index (χ1n) is 8.80. The van der Waals surface area contributed by atoms with Crippen LogP contribution in [0.5, 0.6) is 5.75 Å². The number of methoxy groups -OCH3 is 1. The molecule has 1 aromatic heterocycles. The fourth-order valence-corrected chi connectivity index (χ4v) is 4.45. The summed E-state index contributed by atoms with van der Waals surface area (Å²) in [7, 11) is 1.45. The molecule has 3 nitrogen and oxygen atoms in total. The van der Waals surface area contributed by atoms with Gasteiger partial charge in [0.1, 0.15) is 17.3 Å². The Kier molecular flexibility index (Phi) is 3.70. The topological polar surface area (TPSA) is 17.2 Å². The molecule has 0 radical (unpaired) electrons. The molecule has 0 aliphatic carbocycles. The van der Waals surface area contributed by atoms with E-state index in [4.69, 9.17) is 4.74 Å². The summed E-state index contributed by atoms with van der Waals surface area (Å²) < 4.78 is 53.6. The van der Waals surface area contributed by atoms with Gasteiger partial charge in [-0.2, -0.15) is 0 Å². The molecule has 27 heavy (non-hydrogen) atoms. The van der Waals surface area contributed by atoms with Crippen LogP contribution >= 0.6 is 0 Å². The van der Waals surface area contributed by atoms with Gasteiger partial charge in [-0.15, -0.1) is 0 Å². The maximum absolute atomic E-state index is 15.6. The number of allylic oxidation sites excluding steroid dienone is 2. The number of rotatable bonds is 2. The molecule has 0 atom stereocenters. The van der Waals surface area contributed by atoms with E-state index in [1.54, 1.807) is 52.0 Å². The second kappa shape index (κ2) is 5.65. The average molecular weight is 372 g/mol. The molecule has 0 N–H and O–H groups in total. The van der Waals surface area contributed by atoms with Crippen molar-refractivity contribution in [2.75, 3.05) is 7.11 Å². The number of aryl methyl sites for hydroxylation is 2. The number of aromatic nitrogens is 1. The summed E-state index contributed by atoms with van der Waals surface area (Å²) in [6, 6.07) is 6.24. The summed E-state index contributed by atoms with van der Waals surface area (Å²) in [4.78, 5) is 0. The van der Waals surface area contributed by atoms with E-state index in [-0.39, 0.29) is 5.56 Å². The number of fused-ring (bicyclic) bond motifs is 2. The highest BCUT2D eigenvalue weighted by Crippen LogP contribution is 2.46. The first-order chi connectivity index (χ1) is 12.7. The van der Waals surface area contributed by atoms with Crippen LogP contribution in [0.15, 0.2) is 41.6 Å². The number of halogens is 3. The average Bonchev–Trinajstić information content (AvgIpc) is 3.06. The van der Waals surface area contributed by atoms with Crippen molar-refractivity contribution in [3.05, 3.63) is 69.9 Å². The van der Waals surface area contributed by atoms with Crippen molar-refractivity contribution in [3.63, 3.8) is 0 Å². The lowest BCUT2D eigenvalue weighted by atomic mass is 9.83. The van der Waals surface area contributed by atoms with E-state index in [0.717, 1.165) is 8.96 Å². The van der Waals surface area contributed by atoms with Gasteiger partial charge in [0.2, 0.25) is 0 Å². The van der Waals surface area contributed by atoms with Gasteiger partial charge in [-0.1, -0.05) is 6.07 Å². The van der Waals surface area contributed by atoms with Crippen LogP contribution in [0.2, 0.25) is 0 Å². The molecule has 140 valence electrons. The van der Waals surface area contributed by atoms with Crippen LogP contribution < -0.4 is 4.74 Å². The highest BCUT2D eigenvalue weighted by atomic mass is 19.2. The Morgan fingerprint density at radius 1 is 1.11 bits per heavy atom. The van der Waals surface area contributed by atoms with E-state index >= 15 is 8.63 Å². The van der Waals surface area contributed by atoms with Crippen LogP contribution in [0.1, 0.15) is 36.4 Å². The predicted octanol–water partition coefficient (Wildman–Crippen LogP) is 4.68. The minimum Gasteiger partial charge on any atom is -0.496 e. The first-order valence-corrected chi connectivity index (χ1v) is 8.80. The summed E-state index contributed by atoms with van der Waals surface area (Å²) in [6.07, 6.45) is 1.72. The highest BCUT2D eigenvalue weighted by Gasteiger charge is 2.55. The summed E-state index contributed by atoms with van der Waals surface area (Å²) in [5.74, 6) is -0.186. The summed E-state index contributed by atoms with van der Waals surface area (Å²) in [5.41, 5.74) is 3.57. The number of benzene rings is 1. The molecule has 0 spiro atoms. The monoisotopic (exact) mass is 372 g/mol. The maximum atomic E-state index is 15.6. The van der Waals surface area contributed by atoms with Crippen molar-refractivity contribution < 1.29 is 22.2 Å². The third-order valence-corrected chi connectivity index (χ3v) is 5.38. The molecular formula is C20H20BF3N2O. The van der Waals surface area contributed by atoms with Crippen molar-refractivity contribution in [2.45, 2.75) is 27.7 Å². The molecule has 0 unspecified atom stereocenters. The van der Waals surface area contributed by atoms with Crippen molar-refractivity contribution in [1.82, 2.24) is 4.48 Å². The molecule has 0 bridgehead atoms. The second-order valence-electron chi connectivity index (χ2n) is 7.16. The zero-order valence-electron chi connectivity index (χ0n) is 15.9. The minimum atomic E-state index is -4.08. The van der Waals surface area contributed by atoms with Crippen LogP contribution in [0.4, 0.5) is 13.0 Å². The lowest BCUT2D eigenvalue weighted by molar-refractivity contribution is -0.363. The van der Waals surface area contributed by atoms with Crippen molar-refractivity contribution in [2.24, 2.45) is 0 Å². The van der Waals surface area contributed by atoms with Crippen LogP contribution in [-0.4, -0.2) is 28.8 Å². The van der Waals surface area contributed by atoms with Gasteiger partial charge in [0, 0.05) is 24.3 Å². The molecule has 0 saturated heterocycles. The first kappa shape index (κ1) is 17.7. The highest BCUT2D eigenvalue weighted by molar-refractivity contribution is 6.58. The maximum Gasteiger partial charge on any atom is 0.737 e. The van der Waals surface area contributed by atoms with Gasteiger partial charge in [0.25, 0.3) is 0 Å². The van der Waals surface area contributed by atoms with Gasteiger partial charge >= 0.3 is 6.97 Å². The van der Waals surface area contributed by atoms with E-state index in [1.807, 2.05) is 0 Å². The van der Waals surface area contributed by atoms with Gasteiger partial charge in [-0.25, -0.2) is 4.39 Å². The largest absolute Gasteiger partial charge is 0.737 e. The molecule has 1 aromatic carbocycles. The van der Waals surface area contributed by atoms with E-state index in [2.05, 4.69) is 0 Å². The van der Waals surface area contributed by atoms with Gasteiger partial charge in [0.15, 0.2) is 5.70 Å². The van der Waals surface area contributed by atoms with Crippen molar-refractivity contribution in [3.8, 4) is 5.75 Å². The molecule has 2 aromatic rings. The van der Waals surface area contributed by atoms with Crippen LogP contribution in [0, 0.1) is 19.7 Å². The van der Waals surface area contributed by atoms with E-state index in [1.165, 1.54) is 13.2 Å². The van der Waals surface area contributed by atoms with Crippen LogP contribution in [-0.2, 0) is 0 Å². The Hall–Kier alpha value is -2.70.